The Hall–Kier alpha value is -2.41. The second-order valence-corrected chi connectivity index (χ2v) is 6.58. The number of pyridine rings is 1. The molecule has 1 fully saturated rings. The van der Waals surface area contributed by atoms with Crippen LogP contribution in [-0.2, 0) is 17.8 Å². The fourth-order valence-corrected chi connectivity index (χ4v) is 3.42. The standard InChI is InChI=1S/C18H23N5O2/c24-18(20-12-16-3-1-10-25-16)22-8-2-9-23-15(13-22)11-17(21-23)14-4-6-19-7-5-14/h4-7,11,16H,1-3,8-10,12-13H2,(H,20,24). The molecule has 0 spiro atoms. The van der Waals surface area contributed by atoms with Crippen LogP contribution in [0, 0.1) is 0 Å². The van der Waals surface area contributed by atoms with E-state index in [9.17, 15) is 4.79 Å². The van der Waals surface area contributed by atoms with E-state index in [1.807, 2.05) is 21.7 Å². The number of carbonyl (C=O) groups excluding carboxylic acids is 1. The first-order valence-electron chi connectivity index (χ1n) is 8.91. The minimum atomic E-state index is -0.0180. The predicted octanol–water partition coefficient (Wildman–Crippen LogP) is 2.04. The summed E-state index contributed by atoms with van der Waals surface area (Å²) in [5.41, 5.74) is 3.04. The van der Waals surface area contributed by atoms with Gasteiger partial charge in [-0.05, 0) is 37.5 Å². The second kappa shape index (κ2) is 7.23. The Balaban J connectivity index is 1.43. The van der Waals surface area contributed by atoms with E-state index in [0.29, 0.717) is 13.1 Å². The van der Waals surface area contributed by atoms with Crippen molar-refractivity contribution in [2.24, 2.45) is 0 Å². The first-order chi connectivity index (χ1) is 12.3. The normalized spacial score (nSPS) is 20.2. The lowest BCUT2D eigenvalue weighted by molar-refractivity contribution is 0.108. The highest BCUT2D eigenvalue weighted by Crippen LogP contribution is 2.21. The molecule has 0 aliphatic carbocycles. The number of hydrogen-bond acceptors (Lipinski definition) is 4. The molecule has 0 radical (unpaired) electrons. The number of rotatable bonds is 3. The zero-order valence-corrected chi connectivity index (χ0v) is 14.2. The molecule has 7 nitrogen and oxygen atoms in total. The van der Waals surface area contributed by atoms with Crippen molar-refractivity contribution in [1.82, 2.24) is 25.0 Å². The molecule has 1 N–H and O–H groups in total. The third-order valence-corrected chi connectivity index (χ3v) is 4.78. The number of ether oxygens (including phenoxy) is 1. The van der Waals surface area contributed by atoms with Gasteiger partial charge in [0, 0.05) is 44.2 Å². The fraction of sp³-hybridized carbons (Fsp3) is 0.500. The topological polar surface area (TPSA) is 72.3 Å². The van der Waals surface area contributed by atoms with Gasteiger partial charge in [-0.25, -0.2) is 4.79 Å². The highest BCUT2D eigenvalue weighted by molar-refractivity contribution is 5.74. The number of aryl methyl sites for hydroxylation is 1. The van der Waals surface area contributed by atoms with E-state index in [4.69, 9.17) is 9.84 Å². The van der Waals surface area contributed by atoms with Gasteiger partial charge in [0.2, 0.25) is 0 Å². The van der Waals surface area contributed by atoms with Crippen molar-refractivity contribution >= 4 is 6.03 Å². The number of fused-ring (bicyclic) bond motifs is 1. The largest absolute Gasteiger partial charge is 0.376 e. The summed E-state index contributed by atoms with van der Waals surface area (Å²) < 4.78 is 7.59. The van der Waals surface area contributed by atoms with Crippen LogP contribution >= 0.6 is 0 Å². The Morgan fingerprint density at radius 1 is 1.28 bits per heavy atom. The average molecular weight is 341 g/mol. The van der Waals surface area contributed by atoms with Gasteiger partial charge in [0.05, 0.1) is 24.0 Å². The Morgan fingerprint density at radius 3 is 2.96 bits per heavy atom. The average Bonchev–Trinajstić information content (AvgIpc) is 3.26. The molecule has 25 heavy (non-hydrogen) atoms. The van der Waals surface area contributed by atoms with Gasteiger partial charge in [-0.1, -0.05) is 0 Å². The molecule has 4 rings (SSSR count). The lowest BCUT2D eigenvalue weighted by atomic mass is 10.2. The molecule has 2 aliphatic heterocycles. The van der Waals surface area contributed by atoms with E-state index in [2.05, 4.69) is 16.4 Å². The van der Waals surface area contributed by atoms with E-state index in [0.717, 1.165) is 55.9 Å². The number of hydrogen-bond donors (Lipinski definition) is 1. The SMILES string of the molecule is O=C(NCC1CCCO1)N1CCCn2nc(-c3ccncc3)cc2C1. The summed E-state index contributed by atoms with van der Waals surface area (Å²) in [4.78, 5) is 18.4. The van der Waals surface area contributed by atoms with Crippen molar-refractivity contribution in [3.63, 3.8) is 0 Å². The number of amides is 2. The number of nitrogens with one attached hydrogen (secondary N) is 1. The molecule has 0 saturated carbocycles. The Bertz CT molecular complexity index is 724. The van der Waals surface area contributed by atoms with E-state index in [1.165, 1.54) is 0 Å². The summed E-state index contributed by atoms with van der Waals surface area (Å²) >= 11 is 0. The number of urea groups is 1. The minimum Gasteiger partial charge on any atom is -0.376 e. The van der Waals surface area contributed by atoms with Crippen LogP contribution in [0.3, 0.4) is 0 Å². The van der Waals surface area contributed by atoms with Crippen molar-refractivity contribution in [3.05, 3.63) is 36.3 Å². The maximum atomic E-state index is 12.5. The molecular formula is C18H23N5O2. The highest BCUT2D eigenvalue weighted by atomic mass is 16.5. The third-order valence-electron chi connectivity index (χ3n) is 4.78. The molecule has 2 aliphatic rings. The van der Waals surface area contributed by atoms with Crippen LogP contribution in [0.2, 0.25) is 0 Å². The van der Waals surface area contributed by atoms with Gasteiger partial charge in [-0.3, -0.25) is 9.67 Å². The summed E-state index contributed by atoms with van der Waals surface area (Å²) in [5, 5.41) is 7.71. The van der Waals surface area contributed by atoms with Gasteiger partial charge in [0.1, 0.15) is 0 Å². The van der Waals surface area contributed by atoms with Gasteiger partial charge in [-0.15, -0.1) is 0 Å². The smallest absolute Gasteiger partial charge is 0.317 e. The van der Waals surface area contributed by atoms with Crippen molar-refractivity contribution in [3.8, 4) is 11.3 Å². The van der Waals surface area contributed by atoms with Gasteiger partial charge < -0.3 is 15.0 Å². The maximum absolute atomic E-state index is 12.5. The molecule has 2 aromatic rings. The van der Waals surface area contributed by atoms with E-state index in [-0.39, 0.29) is 12.1 Å². The van der Waals surface area contributed by atoms with Gasteiger partial charge in [-0.2, -0.15) is 5.10 Å². The second-order valence-electron chi connectivity index (χ2n) is 6.58. The molecule has 1 unspecified atom stereocenters. The monoisotopic (exact) mass is 341 g/mol. The van der Waals surface area contributed by atoms with E-state index >= 15 is 0 Å². The van der Waals surface area contributed by atoms with Crippen LogP contribution in [0.25, 0.3) is 11.3 Å². The van der Waals surface area contributed by atoms with Crippen LogP contribution in [-0.4, -0.2) is 51.5 Å². The highest BCUT2D eigenvalue weighted by Gasteiger charge is 2.22. The van der Waals surface area contributed by atoms with Gasteiger partial charge in [0.25, 0.3) is 0 Å². The minimum absolute atomic E-state index is 0.0180. The van der Waals surface area contributed by atoms with Crippen molar-refractivity contribution in [1.29, 1.82) is 0 Å². The summed E-state index contributed by atoms with van der Waals surface area (Å²) in [6.45, 7) is 3.55. The Kier molecular flexibility index (Phi) is 4.65. The molecule has 132 valence electrons. The number of carbonyl (C=O) groups is 1. The molecule has 4 heterocycles. The summed E-state index contributed by atoms with van der Waals surface area (Å²) in [5.74, 6) is 0. The maximum Gasteiger partial charge on any atom is 0.317 e. The number of aromatic nitrogens is 3. The molecule has 0 bridgehead atoms. The lowest BCUT2D eigenvalue weighted by Gasteiger charge is -2.21. The van der Waals surface area contributed by atoms with Crippen molar-refractivity contribution < 1.29 is 9.53 Å². The molecule has 2 amide bonds. The fourth-order valence-electron chi connectivity index (χ4n) is 3.42. The van der Waals surface area contributed by atoms with Crippen LogP contribution < -0.4 is 5.32 Å². The van der Waals surface area contributed by atoms with Gasteiger partial charge >= 0.3 is 6.03 Å². The molecular weight excluding hydrogens is 318 g/mol. The third kappa shape index (κ3) is 3.66. The van der Waals surface area contributed by atoms with Crippen molar-refractivity contribution in [2.45, 2.75) is 38.5 Å². The Morgan fingerprint density at radius 2 is 2.16 bits per heavy atom. The summed E-state index contributed by atoms with van der Waals surface area (Å²) in [6.07, 6.45) is 6.72. The first kappa shape index (κ1) is 16.1. The predicted molar refractivity (Wildman–Crippen MR) is 92.9 cm³/mol. The van der Waals surface area contributed by atoms with Crippen molar-refractivity contribution in [2.75, 3.05) is 19.7 Å². The summed E-state index contributed by atoms with van der Waals surface area (Å²) in [6, 6.07) is 5.96. The van der Waals surface area contributed by atoms with Gasteiger partial charge in [0.15, 0.2) is 0 Å². The van der Waals surface area contributed by atoms with E-state index < -0.39 is 0 Å². The molecule has 7 heteroatoms. The zero-order chi connectivity index (χ0) is 17.1. The van der Waals surface area contributed by atoms with Crippen LogP contribution in [0.1, 0.15) is 25.0 Å². The van der Waals surface area contributed by atoms with Crippen LogP contribution in [0.5, 0.6) is 0 Å². The zero-order valence-electron chi connectivity index (χ0n) is 14.2. The Labute approximate surface area is 147 Å². The molecule has 2 aromatic heterocycles. The first-order valence-corrected chi connectivity index (χ1v) is 8.91. The quantitative estimate of drug-likeness (QED) is 0.927. The number of nitrogens with zero attached hydrogens (tertiary/aromatic N) is 4. The van der Waals surface area contributed by atoms with Crippen LogP contribution in [0.15, 0.2) is 30.6 Å². The summed E-state index contributed by atoms with van der Waals surface area (Å²) in [7, 11) is 0. The van der Waals surface area contributed by atoms with Crippen LogP contribution in [0.4, 0.5) is 4.79 Å². The molecule has 1 saturated heterocycles. The van der Waals surface area contributed by atoms with E-state index in [1.54, 1.807) is 12.4 Å². The lowest BCUT2D eigenvalue weighted by Crippen LogP contribution is -2.42. The molecule has 0 aromatic carbocycles. The molecule has 1 atom stereocenters.